The van der Waals surface area contributed by atoms with Crippen molar-refractivity contribution >= 4 is 17.5 Å². The van der Waals surface area contributed by atoms with E-state index in [9.17, 15) is 9.90 Å². The molecule has 1 aliphatic rings. The second-order valence-corrected chi connectivity index (χ2v) is 5.35. The Hall–Kier alpha value is -1.26. The zero-order valence-electron chi connectivity index (χ0n) is 11.1. The highest BCUT2D eigenvalue weighted by Gasteiger charge is 2.16. The summed E-state index contributed by atoms with van der Waals surface area (Å²) in [6.45, 7) is 3.88. The van der Waals surface area contributed by atoms with E-state index in [1.165, 1.54) is 25.0 Å². The van der Waals surface area contributed by atoms with Crippen LogP contribution >= 0.6 is 11.6 Å². The highest BCUT2D eigenvalue weighted by molar-refractivity contribution is 6.32. The van der Waals surface area contributed by atoms with Crippen LogP contribution in [0.3, 0.4) is 0 Å². The molecule has 0 aliphatic carbocycles. The standard InChI is InChI=1S/C14H19ClN2O2/c1-16(8-9-17-6-2-3-7-17)14(19)11-4-5-13(18)12(15)10-11/h4-5,10,18H,2-3,6-9H2,1H3. The van der Waals surface area contributed by atoms with Crippen molar-refractivity contribution < 1.29 is 9.90 Å². The summed E-state index contributed by atoms with van der Waals surface area (Å²) in [6.07, 6.45) is 2.51. The topological polar surface area (TPSA) is 43.8 Å². The van der Waals surface area contributed by atoms with Crippen LogP contribution in [0.25, 0.3) is 0 Å². The molecule has 104 valence electrons. The lowest BCUT2D eigenvalue weighted by Crippen LogP contribution is -2.35. The third-order valence-electron chi connectivity index (χ3n) is 3.49. The molecule has 1 amide bonds. The second-order valence-electron chi connectivity index (χ2n) is 4.94. The van der Waals surface area contributed by atoms with Gasteiger partial charge in [-0.25, -0.2) is 0 Å². The maximum Gasteiger partial charge on any atom is 0.253 e. The minimum Gasteiger partial charge on any atom is -0.506 e. The minimum absolute atomic E-state index is 0.00191. The van der Waals surface area contributed by atoms with Crippen LogP contribution in [0.1, 0.15) is 23.2 Å². The first-order chi connectivity index (χ1) is 9.08. The summed E-state index contributed by atoms with van der Waals surface area (Å²) in [5.41, 5.74) is 0.506. The molecule has 4 nitrogen and oxygen atoms in total. The SMILES string of the molecule is CN(CCN1CCCC1)C(=O)c1ccc(O)c(Cl)c1. The van der Waals surface area contributed by atoms with Gasteiger partial charge in [0.1, 0.15) is 5.75 Å². The zero-order valence-corrected chi connectivity index (χ0v) is 11.9. The second kappa shape index (κ2) is 6.26. The maximum absolute atomic E-state index is 12.2. The van der Waals surface area contributed by atoms with Crippen LogP contribution in [0.2, 0.25) is 5.02 Å². The molecule has 19 heavy (non-hydrogen) atoms. The average Bonchev–Trinajstić information content (AvgIpc) is 2.91. The molecule has 1 aliphatic heterocycles. The number of carbonyl (C=O) groups is 1. The molecule has 5 heteroatoms. The molecule has 0 spiro atoms. The number of hydrogen-bond acceptors (Lipinski definition) is 3. The Morgan fingerprint density at radius 2 is 2.11 bits per heavy atom. The molecule has 0 atom stereocenters. The van der Waals surface area contributed by atoms with Crippen molar-refractivity contribution in [1.82, 2.24) is 9.80 Å². The number of nitrogens with zero attached hydrogens (tertiary/aromatic N) is 2. The Bertz CT molecular complexity index is 459. The molecule has 0 radical (unpaired) electrons. The first kappa shape index (κ1) is 14.2. The lowest BCUT2D eigenvalue weighted by atomic mass is 10.2. The smallest absolute Gasteiger partial charge is 0.253 e. The van der Waals surface area contributed by atoms with Crippen LogP contribution < -0.4 is 0 Å². The third-order valence-corrected chi connectivity index (χ3v) is 3.79. The van der Waals surface area contributed by atoms with E-state index in [2.05, 4.69) is 4.90 Å². The first-order valence-corrected chi connectivity index (χ1v) is 6.92. The van der Waals surface area contributed by atoms with Crippen LogP contribution in [0.15, 0.2) is 18.2 Å². The number of halogens is 1. The molecular formula is C14H19ClN2O2. The van der Waals surface area contributed by atoms with Crippen molar-refractivity contribution in [3.05, 3.63) is 28.8 Å². The van der Waals surface area contributed by atoms with Crippen molar-refractivity contribution in [3.8, 4) is 5.75 Å². The Morgan fingerprint density at radius 1 is 1.42 bits per heavy atom. The minimum atomic E-state index is -0.0684. The predicted molar refractivity (Wildman–Crippen MR) is 75.8 cm³/mol. The van der Waals surface area contributed by atoms with Crippen molar-refractivity contribution in [3.63, 3.8) is 0 Å². The number of likely N-dealkylation sites (N-methyl/N-ethyl adjacent to an activating group) is 1. The summed E-state index contributed by atoms with van der Waals surface area (Å²) in [7, 11) is 1.79. The van der Waals surface area contributed by atoms with E-state index in [1.54, 1.807) is 18.0 Å². The van der Waals surface area contributed by atoms with Crippen LogP contribution in [-0.2, 0) is 0 Å². The van der Waals surface area contributed by atoms with Crippen molar-refractivity contribution in [2.24, 2.45) is 0 Å². The molecule has 2 rings (SSSR count). The lowest BCUT2D eigenvalue weighted by molar-refractivity contribution is 0.0782. The number of phenolic OH excluding ortho intramolecular Hbond substituents is 1. The zero-order chi connectivity index (χ0) is 13.8. The molecule has 1 saturated heterocycles. The normalized spacial score (nSPS) is 15.7. The summed E-state index contributed by atoms with van der Waals surface area (Å²) in [6, 6.07) is 4.55. The van der Waals surface area contributed by atoms with Gasteiger partial charge in [-0.05, 0) is 44.1 Å². The third kappa shape index (κ3) is 3.61. The van der Waals surface area contributed by atoms with Crippen molar-refractivity contribution in [1.29, 1.82) is 0 Å². The highest BCUT2D eigenvalue weighted by atomic mass is 35.5. The fourth-order valence-electron chi connectivity index (χ4n) is 2.26. The van der Waals surface area contributed by atoms with E-state index >= 15 is 0 Å². The van der Waals surface area contributed by atoms with Gasteiger partial charge in [0.2, 0.25) is 0 Å². The number of phenols is 1. The molecule has 1 heterocycles. The molecular weight excluding hydrogens is 264 g/mol. The number of carbonyl (C=O) groups excluding carboxylic acids is 1. The van der Waals surface area contributed by atoms with Gasteiger partial charge in [-0.15, -0.1) is 0 Å². The van der Waals surface area contributed by atoms with Crippen LogP contribution in [0, 0.1) is 0 Å². The van der Waals surface area contributed by atoms with E-state index in [0.717, 1.165) is 19.6 Å². The van der Waals surface area contributed by atoms with Gasteiger partial charge in [-0.2, -0.15) is 0 Å². The van der Waals surface area contributed by atoms with Gasteiger partial charge in [-0.1, -0.05) is 11.6 Å². The summed E-state index contributed by atoms with van der Waals surface area (Å²) in [4.78, 5) is 16.2. The maximum atomic E-state index is 12.2. The van der Waals surface area contributed by atoms with Crippen LogP contribution in [-0.4, -0.2) is 54.0 Å². The van der Waals surface area contributed by atoms with E-state index in [0.29, 0.717) is 12.1 Å². The summed E-state index contributed by atoms with van der Waals surface area (Å²) in [5, 5.41) is 9.55. The number of hydrogen-bond donors (Lipinski definition) is 1. The molecule has 0 unspecified atom stereocenters. The van der Waals surface area contributed by atoms with Gasteiger partial charge in [-0.3, -0.25) is 4.79 Å². The first-order valence-electron chi connectivity index (χ1n) is 6.54. The summed E-state index contributed by atoms with van der Waals surface area (Å²) in [5.74, 6) is -0.0703. The number of likely N-dealkylation sites (tertiary alicyclic amines) is 1. The Kier molecular flexibility index (Phi) is 4.66. The Morgan fingerprint density at radius 3 is 2.74 bits per heavy atom. The molecule has 1 aromatic carbocycles. The van der Waals surface area contributed by atoms with Gasteiger partial charge in [0, 0.05) is 25.7 Å². The van der Waals surface area contributed by atoms with Gasteiger partial charge in [0.15, 0.2) is 0 Å². The van der Waals surface area contributed by atoms with Gasteiger partial charge >= 0.3 is 0 Å². The van der Waals surface area contributed by atoms with Gasteiger partial charge in [0.25, 0.3) is 5.91 Å². The molecule has 1 aromatic rings. The number of benzene rings is 1. The van der Waals surface area contributed by atoms with Crippen molar-refractivity contribution in [2.45, 2.75) is 12.8 Å². The van der Waals surface area contributed by atoms with Gasteiger partial charge in [0.05, 0.1) is 5.02 Å². The average molecular weight is 283 g/mol. The predicted octanol–water partition coefficient (Wildman–Crippen LogP) is 2.21. The number of rotatable bonds is 4. The largest absolute Gasteiger partial charge is 0.506 e. The molecule has 1 fully saturated rings. The van der Waals surface area contributed by atoms with E-state index < -0.39 is 0 Å². The van der Waals surface area contributed by atoms with E-state index in [4.69, 9.17) is 11.6 Å². The number of amides is 1. The molecule has 0 saturated carbocycles. The number of aromatic hydroxyl groups is 1. The molecule has 1 N–H and O–H groups in total. The quantitative estimate of drug-likeness (QED) is 0.921. The fraction of sp³-hybridized carbons (Fsp3) is 0.500. The lowest BCUT2D eigenvalue weighted by Gasteiger charge is -2.21. The summed E-state index contributed by atoms with van der Waals surface area (Å²) < 4.78 is 0. The van der Waals surface area contributed by atoms with Gasteiger partial charge < -0.3 is 14.9 Å². The fourth-order valence-corrected chi connectivity index (χ4v) is 2.44. The Labute approximate surface area is 118 Å². The Balaban J connectivity index is 1.92. The molecule has 0 bridgehead atoms. The van der Waals surface area contributed by atoms with Crippen LogP contribution in [0.5, 0.6) is 5.75 Å². The monoisotopic (exact) mass is 282 g/mol. The molecule has 0 aromatic heterocycles. The highest BCUT2D eigenvalue weighted by Crippen LogP contribution is 2.24. The van der Waals surface area contributed by atoms with Crippen molar-refractivity contribution in [2.75, 3.05) is 33.2 Å². The van der Waals surface area contributed by atoms with E-state index in [1.807, 2.05) is 0 Å². The van der Waals surface area contributed by atoms with E-state index in [-0.39, 0.29) is 16.7 Å². The summed E-state index contributed by atoms with van der Waals surface area (Å²) >= 11 is 5.81. The van der Waals surface area contributed by atoms with Crippen LogP contribution in [0.4, 0.5) is 0 Å².